The third-order valence-electron chi connectivity index (χ3n) is 3.15. The predicted molar refractivity (Wildman–Crippen MR) is 76.1 cm³/mol. The summed E-state index contributed by atoms with van der Waals surface area (Å²) in [6.07, 6.45) is 1.63. The second-order valence-corrected chi connectivity index (χ2v) is 5.42. The third-order valence-corrected chi connectivity index (χ3v) is 3.15. The van der Waals surface area contributed by atoms with Crippen LogP contribution in [-0.2, 0) is 0 Å². The number of amidine groups is 1. The van der Waals surface area contributed by atoms with Crippen LogP contribution in [-0.4, -0.2) is 17.6 Å². The molecule has 1 aromatic rings. The first-order valence-corrected chi connectivity index (χ1v) is 6.34. The van der Waals surface area contributed by atoms with Crippen LogP contribution in [0.2, 0.25) is 0 Å². The molecule has 19 heavy (non-hydrogen) atoms. The largest absolute Gasteiger partial charge is 0.409 e. The molecule has 0 heterocycles. The van der Waals surface area contributed by atoms with Crippen LogP contribution < -0.4 is 11.1 Å². The van der Waals surface area contributed by atoms with Crippen LogP contribution in [0.15, 0.2) is 23.4 Å². The molecule has 0 spiro atoms. The van der Waals surface area contributed by atoms with Gasteiger partial charge in [-0.2, -0.15) is 0 Å². The van der Waals surface area contributed by atoms with Gasteiger partial charge in [-0.05, 0) is 43.5 Å². The van der Waals surface area contributed by atoms with Gasteiger partial charge in [-0.25, -0.2) is 4.39 Å². The van der Waals surface area contributed by atoms with Crippen molar-refractivity contribution in [3.8, 4) is 0 Å². The van der Waals surface area contributed by atoms with E-state index in [1.165, 1.54) is 12.1 Å². The van der Waals surface area contributed by atoms with Gasteiger partial charge in [-0.3, -0.25) is 0 Å². The van der Waals surface area contributed by atoms with Gasteiger partial charge in [0.1, 0.15) is 11.7 Å². The minimum Gasteiger partial charge on any atom is -0.409 e. The maximum absolute atomic E-state index is 13.2. The minimum atomic E-state index is -0.339. The molecule has 0 fully saturated rings. The highest BCUT2D eigenvalue weighted by Gasteiger charge is 2.22. The lowest BCUT2D eigenvalue weighted by Crippen LogP contribution is -2.32. The van der Waals surface area contributed by atoms with E-state index in [4.69, 9.17) is 10.9 Å². The molecule has 0 aliphatic rings. The predicted octanol–water partition coefficient (Wildman–Crippen LogP) is 3.10. The first-order valence-electron chi connectivity index (χ1n) is 6.34. The maximum atomic E-state index is 13.2. The summed E-state index contributed by atoms with van der Waals surface area (Å²) in [7, 11) is 0. The Balaban J connectivity index is 2.43. The minimum absolute atomic E-state index is 0.231. The van der Waals surface area contributed by atoms with Gasteiger partial charge in [0.15, 0.2) is 0 Å². The van der Waals surface area contributed by atoms with Crippen LogP contribution in [0.5, 0.6) is 0 Å². The van der Waals surface area contributed by atoms with E-state index in [9.17, 15) is 4.39 Å². The molecular formula is C14H22FN3O. The van der Waals surface area contributed by atoms with Crippen molar-refractivity contribution in [2.45, 2.75) is 33.6 Å². The van der Waals surface area contributed by atoms with Gasteiger partial charge < -0.3 is 16.3 Å². The van der Waals surface area contributed by atoms with Gasteiger partial charge in [-0.15, -0.1) is 0 Å². The van der Waals surface area contributed by atoms with E-state index in [-0.39, 0.29) is 17.1 Å². The van der Waals surface area contributed by atoms with Crippen LogP contribution >= 0.6 is 0 Å². The molecule has 106 valence electrons. The Hall–Kier alpha value is -1.78. The summed E-state index contributed by atoms with van der Waals surface area (Å²) < 4.78 is 13.2. The summed E-state index contributed by atoms with van der Waals surface area (Å²) in [5.74, 6) is -0.00594. The van der Waals surface area contributed by atoms with Crippen LogP contribution in [0.25, 0.3) is 0 Å². The first kappa shape index (κ1) is 15.3. The Morgan fingerprint density at radius 1 is 1.42 bits per heavy atom. The number of nitrogens with two attached hydrogens (primary N) is 1. The van der Waals surface area contributed by atoms with E-state index in [0.717, 1.165) is 24.1 Å². The van der Waals surface area contributed by atoms with Crippen LogP contribution in [0, 0.1) is 18.2 Å². The fourth-order valence-corrected chi connectivity index (χ4v) is 1.86. The molecule has 0 amide bonds. The SMILES string of the molecule is Cc1cc(F)cc(NCCCC(C)(C)C(N)=NO)c1. The number of hydrogen-bond donors (Lipinski definition) is 3. The van der Waals surface area contributed by atoms with Crippen LogP contribution in [0.1, 0.15) is 32.3 Å². The number of nitrogens with zero attached hydrogens (tertiary/aromatic N) is 1. The molecule has 1 aromatic carbocycles. The quantitative estimate of drug-likeness (QED) is 0.244. The Bertz CT molecular complexity index is 438. The summed E-state index contributed by atoms with van der Waals surface area (Å²) in [5, 5.41) is 14.9. The molecule has 5 heteroatoms. The molecule has 0 aromatic heterocycles. The number of aryl methyl sites for hydroxylation is 1. The van der Waals surface area contributed by atoms with E-state index in [0.29, 0.717) is 6.54 Å². The van der Waals surface area contributed by atoms with Crippen molar-refractivity contribution < 1.29 is 9.60 Å². The number of rotatable bonds is 6. The molecule has 0 aliphatic carbocycles. The number of benzene rings is 1. The molecule has 0 atom stereocenters. The van der Waals surface area contributed by atoms with Gasteiger partial charge in [0.05, 0.1) is 0 Å². The van der Waals surface area contributed by atoms with Crippen molar-refractivity contribution in [3.05, 3.63) is 29.6 Å². The van der Waals surface area contributed by atoms with Gasteiger partial charge >= 0.3 is 0 Å². The number of oxime groups is 1. The lowest BCUT2D eigenvalue weighted by molar-refractivity contribution is 0.305. The molecule has 0 bridgehead atoms. The average molecular weight is 267 g/mol. The Morgan fingerprint density at radius 2 is 2.11 bits per heavy atom. The van der Waals surface area contributed by atoms with Gasteiger partial charge in [-0.1, -0.05) is 19.0 Å². The van der Waals surface area contributed by atoms with E-state index < -0.39 is 0 Å². The molecule has 1 rings (SSSR count). The fourth-order valence-electron chi connectivity index (χ4n) is 1.86. The number of anilines is 1. The van der Waals surface area contributed by atoms with Crippen molar-refractivity contribution >= 4 is 11.5 Å². The smallest absolute Gasteiger partial charge is 0.144 e. The van der Waals surface area contributed by atoms with E-state index in [1.54, 1.807) is 0 Å². The zero-order valence-corrected chi connectivity index (χ0v) is 11.7. The van der Waals surface area contributed by atoms with E-state index >= 15 is 0 Å². The summed E-state index contributed by atoms with van der Waals surface area (Å²) in [5.41, 5.74) is 6.94. The van der Waals surface area contributed by atoms with Crippen LogP contribution in [0.4, 0.5) is 10.1 Å². The van der Waals surface area contributed by atoms with Crippen molar-refractivity contribution in [2.75, 3.05) is 11.9 Å². The lowest BCUT2D eigenvalue weighted by Gasteiger charge is -2.22. The maximum Gasteiger partial charge on any atom is 0.144 e. The monoisotopic (exact) mass is 267 g/mol. The van der Waals surface area contributed by atoms with Crippen molar-refractivity contribution in [3.63, 3.8) is 0 Å². The fraction of sp³-hybridized carbons (Fsp3) is 0.500. The standard InChI is InChI=1S/C14H22FN3O/c1-10-7-11(15)9-12(8-10)17-6-4-5-14(2,3)13(16)18-19/h7-9,17,19H,4-6H2,1-3H3,(H2,16,18). The molecule has 0 aliphatic heterocycles. The molecule has 0 saturated carbocycles. The molecule has 0 radical (unpaired) electrons. The highest BCUT2D eigenvalue weighted by molar-refractivity contribution is 5.85. The van der Waals surface area contributed by atoms with Gasteiger partial charge in [0, 0.05) is 17.6 Å². The molecule has 4 N–H and O–H groups in total. The van der Waals surface area contributed by atoms with Crippen molar-refractivity contribution in [1.29, 1.82) is 0 Å². The first-order chi connectivity index (χ1) is 8.85. The van der Waals surface area contributed by atoms with E-state index in [2.05, 4.69) is 10.5 Å². The normalized spacial score (nSPS) is 12.5. The lowest BCUT2D eigenvalue weighted by atomic mass is 9.86. The second-order valence-electron chi connectivity index (χ2n) is 5.42. The van der Waals surface area contributed by atoms with Gasteiger partial charge in [0.25, 0.3) is 0 Å². The summed E-state index contributed by atoms with van der Waals surface area (Å²) in [6.45, 7) is 6.42. The Labute approximate surface area is 113 Å². The Kier molecular flexibility index (Phi) is 5.15. The van der Waals surface area contributed by atoms with Crippen molar-refractivity contribution in [1.82, 2.24) is 0 Å². The highest BCUT2D eigenvalue weighted by Crippen LogP contribution is 2.22. The summed E-state index contributed by atoms with van der Waals surface area (Å²) >= 11 is 0. The zero-order chi connectivity index (χ0) is 14.5. The molecule has 0 unspecified atom stereocenters. The molecular weight excluding hydrogens is 245 g/mol. The number of halogens is 1. The third kappa shape index (κ3) is 4.77. The second kappa shape index (κ2) is 6.41. The summed E-state index contributed by atoms with van der Waals surface area (Å²) in [4.78, 5) is 0. The summed E-state index contributed by atoms with van der Waals surface area (Å²) in [6, 6.07) is 4.87. The Morgan fingerprint density at radius 3 is 2.68 bits per heavy atom. The van der Waals surface area contributed by atoms with Gasteiger partial charge in [0.2, 0.25) is 0 Å². The molecule has 4 nitrogen and oxygen atoms in total. The molecule has 0 saturated heterocycles. The topological polar surface area (TPSA) is 70.6 Å². The zero-order valence-electron chi connectivity index (χ0n) is 11.7. The average Bonchev–Trinajstić information content (AvgIpc) is 2.32. The highest BCUT2D eigenvalue weighted by atomic mass is 19.1. The number of nitrogens with one attached hydrogen (secondary N) is 1. The number of hydrogen-bond acceptors (Lipinski definition) is 3. The van der Waals surface area contributed by atoms with Crippen LogP contribution in [0.3, 0.4) is 0 Å². The van der Waals surface area contributed by atoms with Crippen molar-refractivity contribution in [2.24, 2.45) is 16.3 Å². The van der Waals surface area contributed by atoms with E-state index in [1.807, 2.05) is 26.8 Å².